The monoisotopic (exact) mass is 187 g/mol. The molecule has 0 aromatic carbocycles. The average Bonchev–Trinajstić information content (AvgIpc) is 1.98. The Morgan fingerprint density at radius 3 is 2.23 bits per heavy atom. The molecule has 0 aromatic rings. The summed E-state index contributed by atoms with van der Waals surface area (Å²) in [4.78, 5) is 21.3. The van der Waals surface area contributed by atoms with Crippen molar-refractivity contribution >= 4 is 11.8 Å². The number of carbonyl (C=O) groups excluding carboxylic acids is 2. The van der Waals surface area contributed by atoms with Crippen molar-refractivity contribution in [2.75, 3.05) is 0 Å². The van der Waals surface area contributed by atoms with Crippen LogP contribution in [0.25, 0.3) is 0 Å². The minimum absolute atomic E-state index is 0.116. The Morgan fingerprint density at radius 2 is 1.92 bits per heavy atom. The molecule has 0 heterocycles. The first-order valence-electron chi connectivity index (χ1n) is 4.31. The molecule has 5 heteroatoms. The van der Waals surface area contributed by atoms with Crippen molar-refractivity contribution in [1.82, 2.24) is 5.32 Å². The molecule has 2 unspecified atom stereocenters. The van der Waals surface area contributed by atoms with E-state index < -0.39 is 5.91 Å². The number of nitrogens with one attached hydrogen (secondary N) is 1. The average molecular weight is 187 g/mol. The quantitative estimate of drug-likeness (QED) is 0.502. The lowest BCUT2D eigenvalue weighted by molar-refractivity contribution is -0.121. The van der Waals surface area contributed by atoms with Gasteiger partial charge in [0, 0.05) is 12.5 Å². The van der Waals surface area contributed by atoms with Crippen molar-refractivity contribution in [3.05, 3.63) is 0 Å². The summed E-state index contributed by atoms with van der Waals surface area (Å²) in [5.74, 6) is -0.793. The zero-order chi connectivity index (χ0) is 10.4. The van der Waals surface area contributed by atoms with Gasteiger partial charge < -0.3 is 16.8 Å². The number of nitrogens with two attached hydrogens (primary N) is 2. The first kappa shape index (κ1) is 11.9. The molecule has 0 spiro atoms. The number of carbonyl (C=O) groups is 2. The van der Waals surface area contributed by atoms with Crippen LogP contribution in [0.4, 0.5) is 0 Å². The fourth-order valence-electron chi connectivity index (χ4n) is 1.11. The number of amides is 2. The summed E-state index contributed by atoms with van der Waals surface area (Å²) in [6, 6.07) is -0.496. The van der Waals surface area contributed by atoms with Gasteiger partial charge in [-0.2, -0.15) is 0 Å². The third-order valence-electron chi connectivity index (χ3n) is 1.74. The molecule has 0 aliphatic heterocycles. The Kier molecular flexibility index (Phi) is 5.06. The SMILES string of the molecule is CCC(NC(C)CC(N)=O)C(N)=O. The maximum Gasteiger partial charge on any atom is 0.234 e. The second kappa shape index (κ2) is 5.53. The summed E-state index contributed by atoms with van der Waals surface area (Å²) in [6.45, 7) is 3.63. The van der Waals surface area contributed by atoms with Crippen LogP contribution in [0.5, 0.6) is 0 Å². The van der Waals surface area contributed by atoms with E-state index in [0.29, 0.717) is 6.42 Å². The largest absolute Gasteiger partial charge is 0.370 e. The molecular weight excluding hydrogens is 170 g/mol. The minimum atomic E-state index is -0.404. The zero-order valence-electron chi connectivity index (χ0n) is 8.04. The van der Waals surface area contributed by atoms with Gasteiger partial charge in [0.1, 0.15) is 0 Å². The molecule has 0 saturated heterocycles. The van der Waals surface area contributed by atoms with E-state index in [2.05, 4.69) is 5.32 Å². The molecule has 5 N–H and O–H groups in total. The lowest BCUT2D eigenvalue weighted by Gasteiger charge is -2.18. The molecule has 0 aliphatic rings. The van der Waals surface area contributed by atoms with E-state index in [-0.39, 0.29) is 24.4 Å². The Labute approximate surface area is 77.8 Å². The molecule has 0 bridgehead atoms. The van der Waals surface area contributed by atoms with Crippen molar-refractivity contribution in [2.45, 2.75) is 38.8 Å². The molecule has 0 fully saturated rings. The lowest BCUT2D eigenvalue weighted by Crippen LogP contribution is -2.46. The second-order valence-electron chi connectivity index (χ2n) is 3.10. The fraction of sp³-hybridized carbons (Fsp3) is 0.750. The Balaban J connectivity index is 3.93. The fourth-order valence-corrected chi connectivity index (χ4v) is 1.11. The van der Waals surface area contributed by atoms with Crippen LogP contribution in [0.1, 0.15) is 26.7 Å². The van der Waals surface area contributed by atoms with Gasteiger partial charge in [-0.15, -0.1) is 0 Å². The van der Waals surface area contributed by atoms with Crippen LogP contribution < -0.4 is 16.8 Å². The number of rotatable bonds is 6. The molecule has 0 saturated carbocycles. The predicted molar refractivity (Wildman–Crippen MR) is 49.7 cm³/mol. The van der Waals surface area contributed by atoms with Gasteiger partial charge >= 0.3 is 0 Å². The van der Waals surface area contributed by atoms with E-state index >= 15 is 0 Å². The highest BCUT2D eigenvalue weighted by molar-refractivity contribution is 5.80. The first-order chi connectivity index (χ1) is 5.97. The molecule has 0 aromatic heterocycles. The topological polar surface area (TPSA) is 98.2 Å². The van der Waals surface area contributed by atoms with Crippen molar-refractivity contribution < 1.29 is 9.59 Å². The highest BCUT2D eigenvalue weighted by Crippen LogP contribution is 1.95. The van der Waals surface area contributed by atoms with Gasteiger partial charge in [0.25, 0.3) is 0 Å². The molecule has 5 nitrogen and oxygen atoms in total. The van der Waals surface area contributed by atoms with Crippen LogP contribution in [0.2, 0.25) is 0 Å². The van der Waals surface area contributed by atoms with E-state index in [0.717, 1.165) is 0 Å². The summed E-state index contributed by atoms with van der Waals surface area (Å²) in [6.07, 6.45) is 0.822. The Bertz CT molecular complexity index is 194. The summed E-state index contributed by atoms with van der Waals surface area (Å²) < 4.78 is 0. The highest BCUT2D eigenvalue weighted by atomic mass is 16.1. The molecule has 2 amide bonds. The van der Waals surface area contributed by atoms with Gasteiger partial charge in [-0.1, -0.05) is 6.92 Å². The van der Waals surface area contributed by atoms with Crippen LogP contribution in [-0.2, 0) is 9.59 Å². The number of primary amides is 2. The van der Waals surface area contributed by atoms with Gasteiger partial charge in [-0.3, -0.25) is 9.59 Å². The van der Waals surface area contributed by atoms with Crippen molar-refractivity contribution in [3.63, 3.8) is 0 Å². The summed E-state index contributed by atoms with van der Waals surface area (Å²) >= 11 is 0. The van der Waals surface area contributed by atoms with Crippen LogP contribution in [0.15, 0.2) is 0 Å². The van der Waals surface area contributed by atoms with Crippen molar-refractivity contribution in [1.29, 1.82) is 0 Å². The number of hydrogen-bond acceptors (Lipinski definition) is 3. The van der Waals surface area contributed by atoms with Crippen LogP contribution in [0, 0.1) is 0 Å². The van der Waals surface area contributed by atoms with Crippen molar-refractivity contribution in [3.8, 4) is 0 Å². The smallest absolute Gasteiger partial charge is 0.234 e. The van der Waals surface area contributed by atoms with E-state index in [1.165, 1.54) is 0 Å². The molecule has 0 aliphatic carbocycles. The normalized spacial score (nSPS) is 14.9. The summed E-state index contributed by atoms with van der Waals surface area (Å²) in [7, 11) is 0. The summed E-state index contributed by atoms with van der Waals surface area (Å²) in [5.41, 5.74) is 10.1. The molecule has 76 valence electrons. The zero-order valence-corrected chi connectivity index (χ0v) is 8.04. The van der Waals surface area contributed by atoms with Gasteiger partial charge in [-0.25, -0.2) is 0 Å². The first-order valence-corrected chi connectivity index (χ1v) is 4.31. The maximum absolute atomic E-state index is 10.8. The van der Waals surface area contributed by atoms with E-state index in [1.807, 2.05) is 6.92 Å². The second-order valence-corrected chi connectivity index (χ2v) is 3.10. The third-order valence-corrected chi connectivity index (χ3v) is 1.74. The predicted octanol–water partition coefficient (Wildman–Crippen LogP) is -0.896. The van der Waals surface area contributed by atoms with Crippen LogP contribution >= 0.6 is 0 Å². The van der Waals surface area contributed by atoms with Crippen molar-refractivity contribution in [2.24, 2.45) is 11.5 Å². The van der Waals surface area contributed by atoms with Crippen LogP contribution in [0.3, 0.4) is 0 Å². The summed E-state index contributed by atoms with van der Waals surface area (Å²) in [5, 5.41) is 2.92. The van der Waals surface area contributed by atoms with Gasteiger partial charge in [0.05, 0.1) is 6.04 Å². The van der Waals surface area contributed by atoms with Crippen LogP contribution in [-0.4, -0.2) is 23.9 Å². The highest BCUT2D eigenvalue weighted by Gasteiger charge is 2.16. The maximum atomic E-state index is 10.8. The minimum Gasteiger partial charge on any atom is -0.370 e. The van der Waals surface area contributed by atoms with Gasteiger partial charge in [0.15, 0.2) is 0 Å². The van der Waals surface area contributed by atoms with Gasteiger partial charge in [0.2, 0.25) is 11.8 Å². The third kappa shape index (κ3) is 5.19. The Hall–Kier alpha value is -1.10. The molecule has 2 atom stereocenters. The lowest BCUT2D eigenvalue weighted by atomic mass is 10.1. The van der Waals surface area contributed by atoms with Gasteiger partial charge in [-0.05, 0) is 13.3 Å². The molecule has 13 heavy (non-hydrogen) atoms. The molecular formula is C8H17N3O2. The molecule has 0 radical (unpaired) electrons. The van der Waals surface area contributed by atoms with E-state index in [9.17, 15) is 9.59 Å². The Morgan fingerprint density at radius 1 is 1.38 bits per heavy atom. The number of hydrogen-bond donors (Lipinski definition) is 3. The standard InChI is InChI=1S/C8H17N3O2/c1-3-6(8(10)13)11-5(2)4-7(9)12/h5-6,11H,3-4H2,1-2H3,(H2,9,12)(H2,10,13). The van der Waals surface area contributed by atoms with E-state index in [1.54, 1.807) is 6.92 Å². The molecule has 0 rings (SSSR count). The van der Waals surface area contributed by atoms with E-state index in [4.69, 9.17) is 11.5 Å².